The molecule has 2 aromatic heterocycles. The Kier molecular flexibility index (Phi) is 2.49. The quantitative estimate of drug-likeness (QED) is 0.797. The van der Waals surface area contributed by atoms with Crippen LogP contribution in [-0.4, -0.2) is 28.2 Å². The average Bonchev–Trinajstić information content (AvgIpc) is 2.59. The molecule has 0 fully saturated rings. The molecule has 0 unspecified atom stereocenters. The van der Waals surface area contributed by atoms with Crippen molar-refractivity contribution in [2.45, 2.75) is 0 Å². The van der Waals surface area contributed by atoms with Gasteiger partial charge in [0.05, 0.1) is 5.39 Å². The van der Waals surface area contributed by atoms with E-state index in [9.17, 15) is 4.39 Å². The predicted molar refractivity (Wildman–Crippen MR) is 50.4 cm³/mol. The lowest BCUT2D eigenvalue weighted by Gasteiger charge is -2.00. The molecule has 0 aliphatic heterocycles. The fourth-order valence-corrected chi connectivity index (χ4v) is 1.39. The zero-order chi connectivity index (χ0) is 9.97. The summed E-state index contributed by atoms with van der Waals surface area (Å²) in [7, 11) is 0. The van der Waals surface area contributed by atoms with Gasteiger partial charge in [0.1, 0.15) is 36.2 Å². The predicted octanol–water partition coefficient (Wildman–Crippen LogP) is 1.96. The molecule has 74 valence electrons. The molecule has 2 aromatic rings. The number of aromatic amines is 1. The van der Waals surface area contributed by atoms with Gasteiger partial charge in [-0.05, 0) is 0 Å². The van der Waals surface area contributed by atoms with Gasteiger partial charge in [-0.15, -0.1) is 0 Å². The third kappa shape index (κ3) is 1.50. The standard InChI is InChI=1S/C8H7ClFN3O/c9-7-6-5(14-2-1-10)3-11-8(6)13-4-12-7/h3-4H,1-2H2,(H,11,12,13). The highest BCUT2D eigenvalue weighted by atomic mass is 35.5. The highest BCUT2D eigenvalue weighted by Crippen LogP contribution is 2.28. The van der Waals surface area contributed by atoms with Crippen LogP contribution in [0.2, 0.25) is 5.15 Å². The van der Waals surface area contributed by atoms with Gasteiger partial charge in [-0.25, -0.2) is 14.4 Å². The van der Waals surface area contributed by atoms with E-state index in [-0.39, 0.29) is 6.61 Å². The second-order valence-corrected chi connectivity index (χ2v) is 2.94. The summed E-state index contributed by atoms with van der Waals surface area (Å²) in [6.07, 6.45) is 2.93. The molecule has 0 aliphatic carbocycles. The molecule has 0 saturated heterocycles. The number of H-pyrrole nitrogens is 1. The van der Waals surface area contributed by atoms with E-state index in [1.54, 1.807) is 6.20 Å². The summed E-state index contributed by atoms with van der Waals surface area (Å²) in [5.74, 6) is 0.475. The van der Waals surface area contributed by atoms with Crippen LogP contribution in [0.3, 0.4) is 0 Å². The number of ether oxygens (including phenoxy) is 1. The molecular weight excluding hydrogens is 209 g/mol. The zero-order valence-electron chi connectivity index (χ0n) is 7.13. The number of aromatic nitrogens is 3. The number of rotatable bonds is 3. The molecular formula is C8H7ClFN3O. The lowest BCUT2D eigenvalue weighted by Crippen LogP contribution is -1.98. The van der Waals surface area contributed by atoms with Crippen molar-refractivity contribution in [3.8, 4) is 5.75 Å². The van der Waals surface area contributed by atoms with Crippen molar-refractivity contribution in [2.75, 3.05) is 13.3 Å². The number of hydrogen-bond donors (Lipinski definition) is 1. The summed E-state index contributed by atoms with van der Waals surface area (Å²) in [5.41, 5.74) is 0.582. The third-order valence-electron chi connectivity index (χ3n) is 1.72. The van der Waals surface area contributed by atoms with E-state index in [1.165, 1.54) is 6.33 Å². The number of alkyl halides is 1. The van der Waals surface area contributed by atoms with Gasteiger partial charge in [-0.3, -0.25) is 0 Å². The first kappa shape index (κ1) is 9.21. The maximum atomic E-state index is 11.9. The minimum atomic E-state index is -0.544. The molecule has 6 heteroatoms. The maximum Gasteiger partial charge on any atom is 0.149 e. The Morgan fingerprint density at radius 3 is 3.14 bits per heavy atom. The van der Waals surface area contributed by atoms with Crippen molar-refractivity contribution in [1.82, 2.24) is 15.0 Å². The van der Waals surface area contributed by atoms with Gasteiger partial charge >= 0.3 is 0 Å². The van der Waals surface area contributed by atoms with E-state index in [2.05, 4.69) is 15.0 Å². The Labute approximate surface area is 84.1 Å². The van der Waals surface area contributed by atoms with Gasteiger partial charge < -0.3 is 9.72 Å². The van der Waals surface area contributed by atoms with E-state index >= 15 is 0 Å². The van der Waals surface area contributed by atoms with Crippen LogP contribution in [0.1, 0.15) is 0 Å². The first-order chi connectivity index (χ1) is 6.83. The Hall–Kier alpha value is -1.36. The first-order valence-electron chi connectivity index (χ1n) is 3.99. The summed E-state index contributed by atoms with van der Waals surface area (Å²) >= 11 is 5.84. The van der Waals surface area contributed by atoms with E-state index in [4.69, 9.17) is 16.3 Å². The van der Waals surface area contributed by atoms with Crippen LogP contribution < -0.4 is 4.74 Å². The van der Waals surface area contributed by atoms with Crippen LogP contribution in [0, 0.1) is 0 Å². The second kappa shape index (κ2) is 3.79. The van der Waals surface area contributed by atoms with Gasteiger partial charge in [-0.1, -0.05) is 11.6 Å². The minimum absolute atomic E-state index is 0.00181. The Bertz CT molecular complexity index is 445. The number of nitrogens with one attached hydrogen (secondary N) is 1. The van der Waals surface area contributed by atoms with E-state index in [0.717, 1.165) is 0 Å². The van der Waals surface area contributed by atoms with Crippen molar-refractivity contribution in [3.63, 3.8) is 0 Å². The van der Waals surface area contributed by atoms with E-state index < -0.39 is 6.67 Å². The van der Waals surface area contributed by atoms with Crippen LogP contribution in [0.5, 0.6) is 5.75 Å². The molecule has 0 atom stereocenters. The molecule has 0 amide bonds. The topological polar surface area (TPSA) is 50.8 Å². The summed E-state index contributed by atoms with van der Waals surface area (Å²) in [6.45, 7) is -0.545. The molecule has 14 heavy (non-hydrogen) atoms. The van der Waals surface area contributed by atoms with E-state index in [0.29, 0.717) is 21.9 Å². The molecule has 0 saturated carbocycles. The van der Waals surface area contributed by atoms with Crippen LogP contribution in [0.25, 0.3) is 11.0 Å². The number of halogens is 2. The van der Waals surface area contributed by atoms with Gasteiger partial charge in [0, 0.05) is 6.20 Å². The molecule has 0 aromatic carbocycles. The summed E-state index contributed by atoms with van der Waals surface area (Å²) in [5, 5.41) is 0.882. The van der Waals surface area contributed by atoms with Crippen molar-refractivity contribution in [1.29, 1.82) is 0 Å². The Balaban J connectivity index is 2.45. The molecule has 2 heterocycles. The Morgan fingerprint density at radius 2 is 2.36 bits per heavy atom. The average molecular weight is 216 g/mol. The highest BCUT2D eigenvalue weighted by Gasteiger charge is 2.09. The van der Waals surface area contributed by atoms with Gasteiger partial charge in [0.2, 0.25) is 0 Å². The van der Waals surface area contributed by atoms with Crippen molar-refractivity contribution < 1.29 is 9.13 Å². The van der Waals surface area contributed by atoms with Crippen molar-refractivity contribution >= 4 is 22.6 Å². The highest BCUT2D eigenvalue weighted by molar-refractivity contribution is 6.34. The largest absolute Gasteiger partial charge is 0.488 e. The Morgan fingerprint density at radius 1 is 1.50 bits per heavy atom. The van der Waals surface area contributed by atoms with Crippen LogP contribution in [-0.2, 0) is 0 Å². The lowest BCUT2D eigenvalue weighted by molar-refractivity contribution is 0.276. The fourth-order valence-electron chi connectivity index (χ4n) is 1.16. The normalized spacial score (nSPS) is 10.7. The fraction of sp³-hybridized carbons (Fsp3) is 0.250. The minimum Gasteiger partial charge on any atom is -0.488 e. The first-order valence-corrected chi connectivity index (χ1v) is 4.37. The molecule has 0 spiro atoms. The molecule has 2 rings (SSSR count). The van der Waals surface area contributed by atoms with E-state index in [1.807, 2.05) is 0 Å². The molecule has 4 nitrogen and oxygen atoms in total. The molecule has 0 bridgehead atoms. The SMILES string of the molecule is FCCOc1c[nH]c2ncnc(Cl)c12. The maximum absolute atomic E-state index is 11.9. The molecule has 0 radical (unpaired) electrons. The van der Waals surface area contributed by atoms with Crippen molar-refractivity contribution in [2.24, 2.45) is 0 Å². The smallest absolute Gasteiger partial charge is 0.149 e. The van der Waals surface area contributed by atoms with Gasteiger partial charge in [0.25, 0.3) is 0 Å². The van der Waals surface area contributed by atoms with Crippen LogP contribution in [0.4, 0.5) is 4.39 Å². The van der Waals surface area contributed by atoms with Gasteiger partial charge in [-0.2, -0.15) is 0 Å². The van der Waals surface area contributed by atoms with Crippen LogP contribution in [0.15, 0.2) is 12.5 Å². The molecule has 0 aliphatic rings. The number of nitrogens with zero attached hydrogens (tertiary/aromatic N) is 2. The van der Waals surface area contributed by atoms with Gasteiger partial charge in [0.15, 0.2) is 0 Å². The lowest BCUT2D eigenvalue weighted by atomic mass is 10.4. The zero-order valence-corrected chi connectivity index (χ0v) is 7.88. The van der Waals surface area contributed by atoms with Crippen LogP contribution >= 0.6 is 11.6 Å². The van der Waals surface area contributed by atoms with Crippen molar-refractivity contribution in [3.05, 3.63) is 17.7 Å². The molecule has 1 N–H and O–H groups in total. The number of hydrogen-bond acceptors (Lipinski definition) is 3. The second-order valence-electron chi connectivity index (χ2n) is 2.58. The summed E-state index contributed by atoms with van der Waals surface area (Å²) in [6, 6.07) is 0. The monoisotopic (exact) mass is 215 g/mol. The number of fused-ring (bicyclic) bond motifs is 1. The summed E-state index contributed by atoms with van der Waals surface area (Å²) in [4.78, 5) is 10.6. The summed E-state index contributed by atoms with van der Waals surface area (Å²) < 4.78 is 17.0. The third-order valence-corrected chi connectivity index (χ3v) is 2.01.